The van der Waals surface area contributed by atoms with Crippen molar-refractivity contribution in [3.05, 3.63) is 23.5 Å². The fourth-order valence-electron chi connectivity index (χ4n) is 1.66. The van der Waals surface area contributed by atoms with Crippen LogP contribution in [-0.4, -0.2) is 45.5 Å². The molecule has 2 rings (SSSR count). The average Bonchev–Trinajstić information content (AvgIpc) is 2.52. The first-order chi connectivity index (χ1) is 12.3. The van der Waals surface area contributed by atoms with Crippen LogP contribution in [0.3, 0.4) is 0 Å². The van der Waals surface area contributed by atoms with Crippen molar-refractivity contribution in [2.24, 2.45) is 0 Å². The number of anilines is 4. The summed E-state index contributed by atoms with van der Waals surface area (Å²) in [6.07, 6.45) is 0. The van der Waals surface area contributed by atoms with E-state index in [-0.39, 0.29) is 23.7 Å². The molecule has 0 radical (unpaired) electrons. The van der Waals surface area contributed by atoms with Gasteiger partial charge in [-0.2, -0.15) is 23.4 Å². The molecule has 0 fully saturated rings. The second kappa shape index (κ2) is 9.13. The van der Waals surface area contributed by atoms with Crippen LogP contribution in [0.2, 0.25) is 5.28 Å². The van der Waals surface area contributed by atoms with Crippen LogP contribution in [-0.2, 0) is 19.5 Å². The molecule has 12 nitrogen and oxygen atoms in total. The molecule has 0 aliphatic heterocycles. The molecule has 26 heavy (non-hydrogen) atoms. The number of hydrogen-bond donors (Lipinski definition) is 5. The molecule has 6 N–H and O–H groups in total. The number of nitrogens with one attached hydrogen (secondary N) is 2. The third kappa shape index (κ3) is 6.75. The van der Waals surface area contributed by atoms with Gasteiger partial charge >= 0.3 is 0 Å². The lowest BCUT2D eigenvalue weighted by Crippen LogP contribution is -2.16. The molecule has 0 unspecified atom stereocenters. The molecule has 1 heterocycles. The van der Waals surface area contributed by atoms with E-state index >= 15 is 0 Å². The van der Waals surface area contributed by atoms with Crippen molar-refractivity contribution in [2.75, 3.05) is 28.7 Å². The molecule has 0 spiro atoms. The molecule has 0 aliphatic carbocycles. The van der Waals surface area contributed by atoms with Crippen LogP contribution in [0.5, 0.6) is 0 Å². The third-order valence-corrected chi connectivity index (χ3v) is 4.24. The van der Waals surface area contributed by atoms with E-state index in [9.17, 15) is 8.42 Å². The topological polar surface area (TPSA) is 182 Å². The fourth-order valence-corrected chi connectivity index (χ4v) is 2.56. The Kier molecular flexibility index (Phi) is 7.15. The molecule has 15 heteroatoms. The minimum atomic E-state index is -4.11. The lowest BCUT2D eigenvalue weighted by Gasteiger charge is -2.09. The van der Waals surface area contributed by atoms with Crippen LogP contribution < -0.4 is 16.4 Å². The summed E-state index contributed by atoms with van der Waals surface area (Å²) in [6.45, 7) is -0.121. The first-order valence-corrected chi connectivity index (χ1v) is 9.41. The molecule has 0 saturated carbocycles. The Morgan fingerprint density at radius 1 is 1.27 bits per heavy atom. The van der Waals surface area contributed by atoms with Crippen molar-refractivity contribution in [3.63, 3.8) is 0 Å². The molecule has 142 valence electrons. The Morgan fingerprint density at radius 2 is 2.00 bits per heavy atom. The number of halogens is 1. The highest BCUT2D eigenvalue weighted by Crippen LogP contribution is 2.29. The van der Waals surface area contributed by atoms with E-state index in [0.717, 1.165) is 0 Å². The Morgan fingerprint density at radius 3 is 2.65 bits per heavy atom. The van der Waals surface area contributed by atoms with E-state index in [0.29, 0.717) is 28.3 Å². The Labute approximate surface area is 156 Å². The Balaban J connectivity index is 2.08. The zero-order valence-electron chi connectivity index (χ0n) is 12.8. The van der Waals surface area contributed by atoms with Crippen LogP contribution in [0.15, 0.2) is 23.1 Å². The summed E-state index contributed by atoms with van der Waals surface area (Å²) in [5, 5.41) is 17.0. The average molecular weight is 425 g/mol. The fraction of sp³-hybridized carbons (Fsp3) is 0.182. The molecule has 0 bridgehead atoms. The second-order valence-electron chi connectivity index (χ2n) is 4.57. The van der Waals surface area contributed by atoms with Gasteiger partial charge in [0.25, 0.3) is 10.1 Å². The molecule has 0 aliphatic rings. The number of benzene rings is 1. The lowest BCUT2D eigenvalue weighted by molar-refractivity contribution is -0.432. The Hall–Kier alpha value is -1.94. The van der Waals surface area contributed by atoms with E-state index < -0.39 is 15.9 Å². The molecular weight excluding hydrogens is 412 g/mol. The maximum absolute atomic E-state index is 10.7. The van der Waals surface area contributed by atoms with Crippen LogP contribution in [0.25, 0.3) is 0 Å². The van der Waals surface area contributed by atoms with Crippen LogP contribution in [0.1, 0.15) is 0 Å². The van der Waals surface area contributed by atoms with Gasteiger partial charge in [-0.05, 0) is 29.8 Å². The first-order valence-electron chi connectivity index (χ1n) is 6.69. The molecule has 1 aromatic carbocycles. The van der Waals surface area contributed by atoms with Crippen molar-refractivity contribution in [3.8, 4) is 0 Å². The van der Waals surface area contributed by atoms with E-state index in [4.69, 9.17) is 27.1 Å². The van der Waals surface area contributed by atoms with Gasteiger partial charge in [0.05, 0.1) is 22.7 Å². The zero-order chi connectivity index (χ0) is 19.2. The van der Waals surface area contributed by atoms with Gasteiger partial charge in [0.2, 0.25) is 17.2 Å². The van der Waals surface area contributed by atoms with Crippen LogP contribution in [0.4, 0.5) is 23.3 Å². The first kappa shape index (κ1) is 20.4. The second-order valence-corrected chi connectivity index (χ2v) is 7.22. The highest BCUT2D eigenvalue weighted by molar-refractivity contribution is 7.94. The van der Waals surface area contributed by atoms with E-state index in [1.54, 1.807) is 18.2 Å². The monoisotopic (exact) mass is 424 g/mol. The highest BCUT2D eigenvalue weighted by atomic mass is 35.5. The maximum Gasteiger partial charge on any atom is 0.266 e. The van der Waals surface area contributed by atoms with Gasteiger partial charge in [0.15, 0.2) is 0 Å². The van der Waals surface area contributed by atoms with Gasteiger partial charge < -0.3 is 16.4 Å². The number of nitrogens with two attached hydrogens (primary N) is 1. The van der Waals surface area contributed by atoms with Crippen molar-refractivity contribution in [1.29, 1.82) is 0 Å². The number of aromatic nitrogens is 3. The van der Waals surface area contributed by atoms with Crippen molar-refractivity contribution in [2.45, 2.75) is 4.90 Å². The molecular formula is C11H13ClN6O6S2. The predicted molar refractivity (Wildman–Crippen MR) is 94.5 cm³/mol. The summed E-state index contributed by atoms with van der Waals surface area (Å²) in [5.74, 6) is -0.423. The largest absolute Gasteiger partial charge is 0.398 e. The molecule has 0 atom stereocenters. The van der Waals surface area contributed by atoms with E-state index in [1.807, 2.05) is 0 Å². The quantitative estimate of drug-likeness (QED) is 0.129. The van der Waals surface area contributed by atoms with Gasteiger partial charge in [-0.1, -0.05) is 5.04 Å². The van der Waals surface area contributed by atoms with Crippen molar-refractivity contribution in [1.82, 2.24) is 15.0 Å². The third-order valence-electron chi connectivity index (χ3n) is 2.67. The van der Waals surface area contributed by atoms with E-state index in [1.165, 1.54) is 0 Å². The highest BCUT2D eigenvalue weighted by Gasteiger charge is 2.09. The number of nitrogens with zero attached hydrogens (tertiary/aromatic N) is 3. The van der Waals surface area contributed by atoms with E-state index in [2.05, 4.69) is 35.0 Å². The normalized spacial score (nSPS) is 11.3. The van der Waals surface area contributed by atoms with Crippen molar-refractivity contribution < 1.29 is 27.6 Å². The summed E-state index contributed by atoms with van der Waals surface area (Å²) in [4.78, 5) is 12.2. The summed E-state index contributed by atoms with van der Waals surface area (Å²) < 4.78 is 34.4. The molecule has 2 aromatic rings. The predicted octanol–water partition coefficient (Wildman–Crippen LogP) is 1.58. The van der Waals surface area contributed by atoms with Gasteiger partial charge in [0.1, 0.15) is 0 Å². The minimum absolute atomic E-state index is 0.0183. The Bertz CT molecular complexity index is 870. The SMILES string of the molecule is Nc1cc(Nc2nc(Cl)nc(NCCS(=O)(=O)O)n2)ccc1SOOO. The number of hydrogen-bond acceptors (Lipinski definition) is 12. The van der Waals surface area contributed by atoms with Crippen LogP contribution >= 0.6 is 23.6 Å². The lowest BCUT2D eigenvalue weighted by atomic mass is 10.3. The maximum atomic E-state index is 10.7. The molecule has 0 saturated heterocycles. The summed E-state index contributed by atoms with van der Waals surface area (Å²) in [5.41, 5.74) is 6.67. The van der Waals surface area contributed by atoms with Crippen molar-refractivity contribution >= 4 is 57.0 Å². The minimum Gasteiger partial charge on any atom is -0.398 e. The molecule has 0 amide bonds. The zero-order valence-corrected chi connectivity index (χ0v) is 15.2. The van der Waals surface area contributed by atoms with Gasteiger partial charge in [0, 0.05) is 17.9 Å². The standard InChI is InChI=1S/C11H13ClN6O6S2/c12-9-16-10(14-3-4-26(20,21)22)18-11(17-9)15-6-1-2-8(7(13)5-6)25-24-23-19/h1-2,5,19H,3-4,13H2,(H,20,21,22)(H2,14,15,16,17,18). The van der Waals surface area contributed by atoms with Gasteiger partial charge in [-0.15, -0.1) is 4.33 Å². The summed E-state index contributed by atoms with van der Waals surface area (Å²) in [7, 11) is -4.11. The number of nitrogen functional groups attached to an aromatic ring is 1. The molecule has 1 aromatic heterocycles. The smallest absolute Gasteiger partial charge is 0.266 e. The number of rotatable bonds is 9. The summed E-state index contributed by atoms with van der Waals surface area (Å²) in [6, 6.07) is 4.77. The van der Waals surface area contributed by atoms with Gasteiger partial charge in [-0.25, -0.2) is 5.26 Å². The summed E-state index contributed by atoms with van der Waals surface area (Å²) >= 11 is 6.52. The van der Waals surface area contributed by atoms with Crippen LogP contribution in [0, 0.1) is 0 Å². The van der Waals surface area contributed by atoms with Gasteiger partial charge in [-0.3, -0.25) is 4.55 Å².